The van der Waals surface area contributed by atoms with Gasteiger partial charge >= 0.3 is 6.18 Å². The first-order valence-electron chi connectivity index (χ1n) is 5.31. The molecular formula is C11H8BrClF3N3S. The van der Waals surface area contributed by atoms with Gasteiger partial charge in [-0.3, -0.25) is 0 Å². The second-order valence-electron chi connectivity index (χ2n) is 3.97. The van der Waals surface area contributed by atoms with E-state index in [0.29, 0.717) is 6.54 Å². The Balaban J connectivity index is 2.25. The van der Waals surface area contributed by atoms with Crippen LogP contribution in [0.5, 0.6) is 0 Å². The smallest absolute Gasteiger partial charge is 0.354 e. The summed E-state index contributed by atoms with van der Waals surface area (Å²) in [4.78, 5) is 9.59. The minimum absolute atomic E-state index is 0.127. The van der Waals surface area contributed by atoms with Crippen molar-refractivity contribution in [2.24, 2.45) is 0 Å². The van der Waals surface area contributed by atoms with Crippen LogP contribution in [0.15, 0.2) is 22.0 Å². The average molecular weight is 387 g/mol. The van der Waals surface area contributed by atoms with E-state index in [4.69, 9.17) is 11.6 Å². The van der Waals surface area contributed by atoms with Crippen LogP contribution in [0.3, 0.4) is 0 Å². The summed E-state index contributed by atoms with van der Waals surface area (Å²) in [5.41, 5.74) is -1.05. The van der Waals surface area contributed by atoms with Gasteiger partial charge in [-0.1, -0.05) is 0 Å². The van der Waals surface area contributed by atoms with E-state index in [9.17, 15) is 13.2 Å². The molecule has 0 atom stereocenters. The lowest BCUT2D eigenvalue weighted by atomic mass is 10.3. The monoisotopic (exact) mass is 385 g/mol. The van der Waals surface area contributed by atoms with Crippen LogP contribution >= 0.6 is 38.9 Å². The maximum absolute atomic E-state index is 12.7. The van der Waals surface area contributed by atoms with Gasteiger partial charge < -0.3 is 4.90 Å². The molecule has 9 heteroatoms. The minimum Gasteiger partial charge on any atom is -0.354 e. The summed E-state index contributed by atoms with van der Waals surface area (Å²) in [5.74, 6) is 0.127. The van der Waals surface area contributed by atoms with Gasteiger partial charge in [0.15, 0.2) is 5.69 Å². The third-order valence-corrected chi connectivity index (χ3v) is 4.23. The average Bonchev–Trinajstić information content (AvgIpc) is 2.72. The van der Waals surface area contributed by atoms with E-state index < -0.39 is 17.2 Å². The van der Waals surface area contributed by atoms with Gasteiger partial charge in [-0.15, -0.1) is 11.3 Å². The van der Waals surface area contributed by atoms with Gasteiger partial charge in [0.25, 0.3) is 0 Å². The Bertz CT molecular complexity index is 617. The Morgan fingerprint density at radius 2 is 2.05 bits per heavy atom. The third kappa shape index (κ3) is 3.83. The molecule has 3 nitrogen and oxygen atoms in total. The first-order chi connectivity index (χ1) is 9.25. The molecule has 0 radical (unpaired) electrons. The van der Waals surface area contributed by atoms with Crippen molar-refractivity contribution in [3.8, 4) is 0 Å². The SMILES string of the molecule is CN(Cc1cc(Br)cs1)c1cc(C(F)(F)F)nc(Cl)n1. The second kappa shape index (κ2) is 5.87. The van der Waals surface area contributed by atoms with Crippen LogP contribution in [0.1, 0.15) is 10.6 Å². The summed E-state index contributed by atoms with van der Waals surface area (Å²) in [6.45, 7) is 0.431. The minimum atomic E-state index is -4.55. The lowest BCUT2D eigenvalue weighted by molar-refractivity contribution is -0.141. The molecular weight excluding hydrogens is 379 g/mol. The molecule has 0 spiro atoms. The molecule has 0 amide bonds. The van der Waals surface area contributed by atoms with Gasteiger partial charge in [0, 0.05) is 27.8 Å². The van der Waals surface area contributed by atoms with E-state index >= 15 is 0 Å². The number of hydrogen-bond acceptors (Lipinski definition) is 4. The van der Waals surface area contributed by atoms with Crippen molar-refractivity contribution in [2.45, 2.75) is 12.7 Å². The maximum Gasteiger partial charge on any atom is 0.433 e. The molecule has 0 aromatic carbocycles. The fourth-order valence-corrected chi connectivity index (χ4v) is 3.18. The van der Waals surface area contributed by atoms with E-state index in [0.717, 1.165) is 15.4 Å². The number of nitrogens with zero attached hydrogens (tertiary/aromatic N) is 3. The zero-order valence-electron chi connectivity index (χ0n) is 10.1. The summed E-state index contributed by atoms with van der Waals surface area (Å²) < 4.78 is 38.9. The number of aromatic nitrogens is 2. The largest absolute Gasteiger partial charge is 0.433 e. The maximum atomic E-state index is 12.7. The lowest BCUT2D eigenvalue weighted by Gasteiger charge is -2.18. The van der Waals surface area contributed by atoms with E-state index in [1.165, 1.54) is 11.3 Å². The highest BCUT2D eigenvalue weighted by Gasteiger charge is 2.34. The highest BCUT2D eigenvalue weighted by Crippen LogP contribution is 2.31. The third-order valence-electron chi connectivity index (χ3n) is 2.38. The summed E-state index contributed by atoms with van der Waals surface area (Å²) in [7, 11) is 1.65. The van der Waals surface area contributed by atoms with Crippen LogP contribution < -0.4 is 4.90 Å². The van der Waals surface area contributed by atoms with E-state index in [2.05, 4.69) is 25.9 Å². The molecule has 108 valence electrons. The molecule has 0 bridgehead atoms. The first kappa shape index (κ1) is 15.5. The zero-order chi connectivity index (χ0) is 14.9. The highest BCUT2D eigenvalue weighted by atomic mass is 79.9. The van der Waals surface area contributed by atoms with Gasteiger partial charge in [0.1, 0.15) is 5.82 Å². The molecule has 0 aliphatic rings. The Hall–Kier alpha value is -0.860. The number of anilines is 1. The predicted molar refractivity (Wildman–Crippen MR) is 76.2 cm³/mol. The van der Waals surface area contributed by atoms with E-state index in [1.54, 1.807) is 11.9 Å². The topological polar surface area (TPSA) is 29.0 Å². The Morgan fingerprint density at radius 3 is 2.60 bits per heavy atom. The van der Waals surface area contributed by atoms with E-state index in [1.807, 2.05) is 11.4 Å². The van der Waals surface area contributed by atoms with Crippen LogP contribution in [0.25, 0.3) is 0 Å². The van der Waals surface area contributed by atoms with Crippen LogP contribution in [-0.4, -0.2) is 17.0 Å². The predicted octanol–water partition coefficient (Wildman–Crippen LogP) is 4.61. The molecule has 2 aromatic rings. The molecule has 0 aliphatic carbocycles. The molecule has 0 unspecified atom stereocenters. The van der Waals surface area contributed by atoms with Crippen LogP contribution in [-0.2, 0) is 12.7 Å². The fraction of sp³-hybridized carbons (Fsp3) is 0.273. The van der Waals surface area contributed by atoms with Crippen molar-refractivity contribution in [2.75, 3.05) is 11.9 Å². The first-order valence-corrected chi connectivity index (χ1v) is 7.36. The van der Waals surface area contributed by atoms with Gasteiger partial charge in [0.05, 0.1) is 6.54 Å². The highest BCUT2D eigenvalue weighted by molar-refractivity contribution is 9.10. The molecule has 2 rings (SSSR count). The summed E-state index contributed by atoms with van der Waals surface area (Å²) in [5, 5.41) is 1.48. The van der Waals surface area contributed by atoms with Gasteiger partial charge in [-0.05, 0) is 33.6 Å². The van der Waals surface area contributed by atoms with Crippen molar-refractivity contribution in [3.63, 3.8) is 0 Å². The number of halogens is 5. The van der Waals surface area contributed by atoms with Crippen molar-refractivity contribution in [3.05, 3.63) is 37.8 Å². The molecule has 0 fully saturated rings. The molecule has 0 aliphatic heterocycles. The summed E-state index contributed by atoms with van der Waals surface area (Å²) in [6, 6.07) is 2.78. The van der Waals surface area contributed by atoms with Crippen molar-refractivity contribution in [1.29, 1.82) is 0 Å². The molecule has 2 heterocycles. The lowest BCUT2D eigenvalue weighted by Crippen LogP contribution is -2.19. The molecule has 2 aromatic heterocycles. The molecule has 0 saturated carbocycles. The van der Waals surface area contributed by atoms with Crippen LogP contribution in [0, 0.1) is 0 Å². The van der Waals surface area contributed by atoms with Crippen molar-refractivity contribution >= 4 is 44.7 Å². The molecule has 20 heavy (non-hydrogen) atoms. The van der Waals surface area contributed by atoms with Gasteiger partial charge in [-0.25, -0.2) is 9.97 Å². The standard InChI is InChI=1S/C11H8BrClF3N3S/c1-19(4-7-2-6(12)5-20-7)9-3-8(11(14,15)16)17-10(13)18-9/h2-3,5H,4H2,1H3. The van der Waals surface area contributed by atoms with Gasteiger partial charge in [0.2, 0.25) is 5.28 Å². The molecule has 0 N–H and O–H groups in total. The normalized spacial score (nSPS) is 11.7. The number of alkyl halides is 3. The summed E-state index contributed by atoms with van der Waals surface area (Å²) in [6.07, 6.45) is -4.55. The quantitative estimate of drug-likeness (QED) is 0.721. The number of hydrogen-bond donors (Lipinski definition) is 0. The van der Waals surface area contributed by atoms with E-state index in [-0.39, 0.29) is 5.82 Å². The van der Waals surface area contributed by atoms with Gasteiger partial charge in [-0.2, -0.15) is 13.2 Å². The van der Waals surface area contributed by atoms with Crippen molar-refractivity contribution < 1.29 is 13.2 Å². The van der Waals surface area contributed by atoms with Crippen LogP contribution in [0.2, 0.25) is 5.28 Å². The Labute approximate surface area is 130 Å². The fourth-order valence-electron chi connectivity index (χ4n) is 1.50. The van der Waals surface area contributed by atoms with Crippen LogP contribution in [0.4, 0.5) is 19.0 Å². The number of thiophene rings is 1. The second-order valence-corrected chi connectivity index (χ2v) is 6.21. The Kier molecular flexibility index (Phi) is 4.55. The van der Waals surface area contributed by atoms with Crippen molar-refractivity contribution in [1.82, 2.24) is 9.97 Å². The Morgan fingerprint density at radius 1 is 1.35 bits per heavy atom. The number of rotatable bonds is 3. The molecule has 0 saturated heterocycles. The summed E-state index contributed by atoms with van der Waals surface area (Å²) >= 11 is 10.4. The zero-order valence-corrected chi connectivity index (χ0v) is 13.2.